The molecule has 9 nitrogen and oxygen atoms in total. The number of fused-ring (bicyclic) bond motifs is 3. The molecule has 0 spiro atoms. The molecule has 39 heavy (non-hydrogen) atoms. The average Bonchev–Trinajstić information content (AvgIpc) is 3.58. The predicted molar refractivity (Wildman–Crippen MR) is 147 cm³/mol. The summed E-state index contributed by atoms with van der Waals surface area (Å²) in [4.78, 5) is 27.2. The summed E-state index contributed by atoms with van der Waals surface area (Å²) >= 11 is 0. The quantitative estimate of drug-likeness (QED) is 0.297. The van der Waals surface area contributed by atoms with E-state index in [9.17, 15) is 13.2 Å². The van der Waals surface area contributed by atoms with Crippen molar-refractivity contribution in [3.05, 3.63) is 90.5 Å². The maximum Gasteiger partial charge on any atom is 0.303 e. The van der Waals surface area contributed by atoms with E-state index in [1.165, 1.54) is 22.7 Å². The van der Waals surface area contributed by atoms with Crippen molar-refractivity contribution in [3.8, 4) is 0 Å². The van der Waals surface area contributed by atoms with E-state index < -0.39 is 16.1 Å². The van der Waals surface area contributed by atoms with Crippen molar-refractivity contribution in [1.82, 2.24) is 23.8 Å². The second-order valence-corrected chi connectivity index (χ2v) is 11.8. The number of hydrogen-bond acceptors (Lipinski definition) is 7. The number of esters is 1. The lowest BCUT2D eigenvalue weighted by Gasteiger charge is -2.35. The second-order valence-electron chi connectivity index (χ2n) is 9.94. The van der Waals surface area contributed by atoms with Crippen LogP contribution in [0.2, 0.25) is 0 Å². The van der Waals surface area contributed by atoms with Gasteiger partial charge in [-0.1, -0.05) is 48.5 Å². The first-order valence-corrected chi connectivity index (χ1v) is 14.4. The lowest BCUT2D eigenvalue weighted by Crippen LogP contribution is -2.36. The van der Waals surface area contributed by atoms with E-state index >= 15 is 0 Å². The Balaban J connectivity index is 1.29. The molecule has 1 atom stereocenters. The Morgan fingerprint density at radius 1 is 1.05 bits per heavy atom. The van der Waals surface area contributed by atoms with Gasteiger partial charge in [0.1, 0.15) is 11.3 Å². The van der Waals surface area contributed by atoms with Crippen LogP contribution in [0.4, 0.5) is 0 Å². The monoisotopic (exact) mass is 543 g/mol. The van der Waals surface area contributed by atoms with Gasteiger partial charge in [-0.2, -0.15) is 0 Å². The highest BCUT2D eigenvalue weighted by Gasteiger charge is 2.32. The highest BCUT2D eigenvalue weighted by atomic mass is 32.2. The molecule has 0 aliphatic carbocycles. The summed E-state index contributed by atoms with van der Waals surface area (Å²) in [5, 5.41) is 0.630. The van der Waals surface area contributed by atoms with Crippen LogP contribution in [0.15, 0.2) is 84.0 Å². The number of hydrogen-bond donors (Lipinski definition) is 1. The van der Waals surface area contributed by atoms with E-state index in [0.29, 0.717) is 27.9 Å². The van der Waals surface area contributed by atoms with Crippen LogP contribution in [0.3, 0.4) is 0 Å². The fourth-order valence-electron chi connectivity index (χ4n) is 5.40. The molecule has 0 saturated carbocycles. The molecule has 6 rings (SSSR count). The minimum atomic E-state index is -3.82. The molecule has 1 aliphatic heterocycles. The van der Waals surface area contributed by atoms with Crippen molar-refractivity contribution in [2.24, 2.45) is 5.92 Å². The molecule has 1 saturated heterocycles. The number of carbonyl (C=O) groups is 1. The third-order valence-corrected chi connectivity index (χ3v) is 9.01. The molecule has 5 aromatic rings. The van der Waals surface area contributed by atoms with Crippen LogP contribution in [0, 0.1) is 5.92 Å². The van der Waals surface area contributed by atoms with E-state index in [4.69, 9.17) is 9.72 Å². The number of ether oxygens (including phenoxy) is 1. The van der Waals surface area contributed by atoms with E-state index in [0.717, 1.165) is 32.5 Å². The van der Waals surface area contributed by atoms with Crippen molar-refractivity contribution >= 4 is 38.1 Å². The zero-order chi connectivity index (χ0) is 27.0. The zero-order valence-corrected chi connectivity index (χ0v) is 22.3. The van der Waals surface area contributed by atoms with Gasteiger partial charge in [-0.05, 0) is 49.7 Å². The standard InChI is InChI=1S/C29H29N5O4S/c1-20(35)38-27(22-12-15-33(16-13-22)19-21-8-4-2-5-9-21)28-31-25-18-30-29-24(26(25)32-28)14-17-34(29)39(36,37)23-10-6-3-7-11-23/h2-11,14,17-18,22,27H,12-13,15-16,19H2,1H3,(H,31,32). The van der Waals surface area contributed by atoms with Crippen molar-refractivity contribution < 1.29 is 17.9 Å². The normalized spacial score (nSPS) is 16.0. The summed E-state index contributed by atoms with van der Waals surface area (Å²) in [5.74, 6) is 0.290. The molecular weight excluding hydrogens is 514 g/mol. The molecule has 4 heterocycles. The van der Waals surface area contributed by atoms with Crippen LogP contribution >= 0.6 is 0 Å². The molecule has 1 aliphatic rings. The third kappa shape index (κ3) is 4.93. The number of aromatic nitrogens is 4. The Morgan fingerprint density at radius 2 is 1.74 bits per heavy atom. The lowest BCUT2D eigenvalue weighted by molar-refractivity contribution is -0.151. The van der Waals surface area contributed by atoms with Gasteiger partial charge >= 0.3 is 5.97 Å². The first kappa shape index (κ1) is 25.3. The Morgan fingerprint density at radius 3 is 2.44 bits per heavy atom. The topological polar surface area (TPSA) is 110 Å². The van der Waals surface area contributed by atoms with Gasteiger partial charge in [-0.15, -0.1) is 0 Å². The molecule has 2 aromatic carbocycles. The minimum Gasteiger partial charge on any atom is -0.454 e. The lowest BCUT2D eigenvalue weighted by atomic mass is 9.90. The maximum absolute atomic E-state index is 13.3. The van der Waals surface area contributed by atoms with Crippen LogP contribution < -0.4 is 0 Å². The molecule has 200 valence electrons. The number of H-pyrrole nitrogens is 1. The van der Waals surface area contributed by atoms with Crippen molar-refractivity contribution in [2.45, 2.75) is 37.3 Å². The van der Waals surface area contributed by atoms with Gasteiger partial charge in [0.2, 0.25) is 0 Å². The molecule has 0 amide bonds. The van der Waals surface area contributed by atoms with Gasteiger partial charge in [0.05, 0.1) is 16.6 Å². The summed E-state index contributed by atoms with van der Waals surface area (Å²) in [5.41, 5.74) is 2.84. The Bertz CT molecular complexity index is 1720. The molecule has 1 unspecified atom stereocenters. The fourth-order valence-corrected chi connectivity index (χ4v) is 6.72. The van der Waals surface area contributed by atoms with Gasteiger partial charge in [0.25, 0.3) is 10.0 Å². The summed E-state index contributed by atoms with van der Waals surface area (Å²) < 4.78 is 33.5. The summed E-state index contributed by atoms with van der Waals surface area (Å²) in [6, 6.07) is 20.4. The molecular formula is C29H29N5O4S. The van der Waals surface area contributed by atoms with Crippen LogP contribution in [0.5, 0.6) is 0 Å². The highest BCUT2D eigenvalue weighted by Crippen LogP contribution is 2.35. The van der Waals surface area contributed by atoms with Crippen LogP contribution in [0.25, 0.3) is 22.1 Å². The number of imidazole rings is 1. The van der Waals surface area contributed by atoms with Crippen LogP contribution in [-0.4, -0.2) is 51.3 Å². The van der Waals surface area contributed by atoms with Crippen LogP contribution in [0.1, 0.15) is 37.3 Å². The first-order valence-electron chi connectivity index (χ1n) is 13.0. The number of piperidine rings is 1. The largest absolute Gasteiger partial charge is 0.454 e. The molecule has 3 aromatic heterocycles. The SMILES string of the molecule is CC(=O)OC(c1nc2cnc3c(ccn3S(=O)(=O)c3ccccc3)c2[nH]1)C1CCN(Cc2ccccc2)CC1. The highest BCUT2D eigenvalue weighted by molar-refractivity contribution is 7.90. The van der Waals surface area contributed by atoms with E-state index in [1.54, 1.807) is 42.6 Å². The minimum absolute atomic E-state index is 0.105. The second kappa shape index (κ2) is 10.3. The number of aromatic amines is 1. The van der Waals surface area contributed by atoms with Gasteiger partial charge < -0.3 is 9.72 Å². The van der Waals surface area contributed by atoms with E-state index in [2.05, 4.69) is 39.1 Å². The van der Waals surface area contributed by atoms with Crippen molar-refractivity contribution in [1.29, 1.82) is 0 Å². The van der Waals surface area contributed by atoms with E-state index in [1.807, 2.05) is 6.07 Å². The fraction of sp³-hybridized carbons (Fsp3) is 0.276. The number of nitrogens with one attached hydrogen (secondary N) is 1. The van der Waals surface area contributed by atoms with Crippen molar-refractivity contribution in [2.75, 3.05) is 13.1 Å². The summed E-state index contributed by atoms with van der Waals surface area (Å²) in [7, 11) is -3.82. The van der Waals surface area contributed by atoms with E-state index in [-0.39, 0.29) is 16.8 Å². The number of carbonyl (C=O) groups excluding carboxylic acids is 1. The number of likely N-dealkylation sites (tertiary alicyclic amines) is 1. The maximum atomic E-state index is 13.3. The molecule has 0 radical (unpaired) electrons. The average molecular weight is 544 g/mol. The summed E-state index contributed by atoms with van der Waals surface area (Å²) in [6.45, 7) is 4.09. The van der Waals surface area contributed by atoms with Gasteiger partial charge in [-0.3, -0.25) is 9.69 Å². The van der Waals surface area contributed by atoms with Gasteiger partial charge in [0.15, 0.2) is 11.8 Å². The third-order valence-electron chi connectivity index (χ3n) is 7.33. The Kier molecular flexibility index (Phi) is 6.66. The molecule has 0 bridgehead atoms. The van der Waals surface area contributed by atoms with Gasteiger partial charge in [0, 0.05) is 31.0 Å². The first-order chi connectivity index (χ1) is 18.9. The number of benzene rings is 2. The Labute approximate surface area is 226 Å². The van der Waals surface area contributed by atoms with Gasteiger partial charge in [-0.25, -0.2) is 22.4 Å². The molecule has 1 fully saturated rings. The zero-order valence-electron chi connectivity index (χ0n) is 21.5. The summed E-state index contributed by atoms with van der Waals surface area (Å²) in [6.07, 6.45) is 4.26. The number of rotatable bonds is 7. The molecule has 1 N–H and O–H groups in total. The van der Waals surface area contributed by atoms with Crippen molar-refractivity contribution in [3.63, 3.8) is 0 Å². The van der Waals surface area contributed by atoms with Crippen LogP contribution in [-0.2, 0) is 26.1 Å². The Hall–Kier alpha value is -4.02. The number of pyridine rings is 1. The molecule has 10 heteroatoms. The predicted octanol–water partition coefficient (Wildman–Crippen LogP) is 4.67. The number of nitrogens with zero attached hydrogens (tertiary/aromatic N) is 4. The smallest absolute Gasteiger partial charge is 0.303 e.